The van der Waals surface area contributed by atoms with Crippen molar-refractivity contribution in [3.63, 3.8) is 0 Å². The summed E-state index contributed by atoms with van der Waals surface area (Å²) in [6.45, 7) is 4.39. The third-order valence-electron chi connectivity index (χ3n) is 3.59. The maximum Gasteiger partial charge on any atom is 0.308 e. The van der Waals surface area contributed by atoms with E-state index in [4.69, 9.17) is 4.74 Å². The molecule has 19 heavy (non-hydrogen) atoms. The van der Waals surface area contributed by atoms with Crippen molar-refractivity contribution >= 4 is 5.97 Å². The Morgan fingerprint density at radius 1 is 1.42 bits per heavy atom. The van der Waals surface area contributed by atoms with Crippen molar-refractivity contribution in [2.75, 3.05) is 13.2 Å². The van der Waals surface area contributed by atoms with Gasteiger partial charge >= 0.3 is 5.97 Å². The van der Waals surface area contributed by atoms with E-state index in [1.807, 2.05) is 0 Å². The molecule has 1 N–H and O–H groups in total. The summed E-state index contributed by atoms with van der Waals surface area (Å²) in [5.74, 6) is 0.199. The topological polar surface area (TPSA) is 38.3 Å². The van der Waals surface area contributed by atoms with Crippen molar-refractivity contribution < 1.29 is 9.53 Å². The van der Waals surface area contributed by atoms with E-state index in [1.54, 1.807) is 0 Å². The highest BCUT2D eigenvalue weighted by Crippen LogP contribution is 2.27. The van der Waals surface area contributed by atoms with Gasteiger partial charge in [0.05, 0.1) is 12.5 Å². The molecule has 0 saturated heterocycles. The number of rotatable bonds is 7. The summed E-state index contributed by atoms with van der Waals surface area (Å²) in [4.78, 5) is 11.5. The molecule has 0 radical (unpaired) electrons. The number of aryl methyl sites for hydroxylation is 1. The van der Waals surface area contributed by atoms with Gasteiger partial charge < -0.3 is 10.1 Å². The first-order valence-electron chi connectivity index (χ1n) is 7.18. The summed E-state index contributed by atoms with van der Waals surface area (Å²) in [7, 11) is 0. The Balaban J connectivity index is 1.51. The average molecular weight is 261 g/mol. The Morgan fingerprint density at radius 3 is 2.95 bits per heavy atom. The highest BCUT2D eigenvalue weighted by Gasteiger charge is 2.26. The first-order valence-corrected chi connectivity index (χ1v) is 7.18. The van der Waals surface area contributed by atoms with Gasteiger partial charge in [-0.05, 0) is 38.3 Å². The molecule has 1 aromatic carbocycles. The number of hydrogen-bond acceptors (Lipinski definition) is 3. The summed E-state index contributed by atoms with van der Waals surface area (Å²) in [5, 5.41) is 3.37. The molecule has 0 amide bonds. The minimum absolute atomic E-state index is 0.00457. The molecule has 0 aliphatic heterocycles. The second-order valence-corrected chi connectivity index (χ2v) is 5.31. The minimum atomic E-state index is 0.00457. The van der Waals surface area contributed by atoms with Crippen molar-refractivity contribution in [3.05, 3.63) is 35.4 Å². The maximum atomic E-state index is 11.5. The first-order chi connectivity index (χ1) is 9.25. The third-order valence-corrected chi connectivity index (χ3v) is 3.59. The van der Waals surface area contributed by atoms with Crippen LogP contribution in [0.4, 0.5) is 0 Å². The van der Waals surface area contributed by atoms with Crippen LogP contribution in [0.1, 0.15) is 36.8 Å². The maximum absolute atomic E-state index is 11.5. The first kappa shape index (κ1) is 14.1. The van der Waals surface area contributed by atoms with E-state index < -0.39 is 0 Å². The molecule has 0 heterocycles. The molecule has 1 saturated carbocycles. The minimum Gasteiger partial charge on any atom is -0.465 e. The molecule has 3 nitrogen and oxygen atoms in total. The Kier molecular flexibility index (Phi) is 5.40. The number of benzene rings is 1. The van der Waals surface area contributed by atoms with Crippen LogP contribution in [0.2, 0.25) is 0 Å². The molecule has 2 rings (SSSR count). The lowest BCUT2D eigenvalue weighted by atomic mass is 9.86. The van der Waals surface area contributed by atoms with Gasteiger partial charge in [0.1, 0.15) is 0 Å². The van der Waals surface area contributed by atoms with Crippen LogP contribution in [0, 0.1) is 12.8 Å². The van der Waals surface area contributed by atoms with Gasteiger partial charge in [-0.2, -0.15) is 0 Å². The number of ether oxygens (including phenoxy) is 1. The van der Waals surface area contributed by atoms with Gasteiger partial charge in [-0.25, -0.2) is 0 Å². The molecule has 1 aliphatic carbocycles. The zero-order chi connectivity index (χ0) is 13.5. The van der Waals surface area contributed by atoms with Crippen LogP contribution in [-0.4, -0.2) is 19.1 Å². The number of hydrogen-bond donors (Lipinski definition) is 1. The highest BCUT2D eigenvalue weighted by atomic mass is 16.5. The van der Waals surface area contributed by atoms with Crippen molar-refractivity contribution in [3.8, 4) is 0 Å². The van der Waals surface area contributed by atoms with Crippen molar-refractivity contribution in [1.82, 2.24) is 5.32 Å². The normalized spacial score (nSPS) is 15.0. The summed E-state index contributed by atoms with van der Waals surface area (Å²) < 4.78 is 5.24. The second kappa shape index (κ2) is 7.29. The number of esters is 1. The fourth-order valence-corrected chi connectivity index (χ4v) is 2.19. The molecule has 0 bridgehead atoms. The lowest BCUT2D eigenvalue weighted by molar-refractivity contribution is -0.151. The van der Waals surface area contributed by atoms with E-state index in [1.165, 1.54) is 17.5 Å². The van der Waals surface area contributed by atoms with Crippen molar-refractivity contribution in [2.24, 2.45) is 5.92 Å². The van der Waals surface area contributed by atoms with Crippen LogP contribution < -0.4 is 5.32 Å². The van der Waals surface area contributed by atoms with Crippen LogP contribution in [0.25, 0.3) is 0 Å². The monoisotopic (exact) mass is 261 g/mol. The van der Waals surface area contributed by atoms with E-state index in [9.17, 15) is 4.79 Å². The predicted molar refractivity (Wildman–Crippen MR) is 75.8 cm³/mol. The summed E-state index contributed by atoms with van der Waals surface area (Å²) in [5.41, 5.74) is 2.58. The number of carbonyl (C=O) groups is 1. The molecule has 104 valence electrons. The van der Waals surface area contributed by atoms with E-state index in [0.29, 0.717) is 6.61 Å². The predicted octanol–water partition coefficient (Wildman–Crippen LogP) is 2.82. The van der Waals surface area contributed by atoms with E-state index in [-0.39, 0.29) is 11.9 Å². The van der Waals surface area contributed by atoms with Gasteiger partial charge in [0.25, 0.3) is 0 Å². The van der Waals surface area contributed by atoms with Gasteiger partial charge in [0.15, 0.2) is 0 Å². The largest absolute Gasteiger partial charge is 0.465 e. The second-order valence-electron chi connectivity index (χ2n) is 5.31. The van der Waals surface area contributed by atoms with E-state index in [2.05, 4.69) is 36.5 Å². The van der Waals surface area contributed by atoms with Gasteiger partial charge in [0, 0.05) is 6.54 Å². The molecule has 1 fully saturated rings. The zero-order valence-corrected chi connectivity index (χ0v) is 11.7. The third kappa shape index (κ3) is 4.67. The summed E-state index contributed by atoms with van der Waals surface area (Å²) in [6.07, 6.45) is 4.09. The Hall–Kier alpha value is -1.35. The molecule has 1 aliphatic rings. The van der Waals surface area contributed by atoms with Gasteiger partial charge in [-0.15, -0.1) is 0 Å². The van der Waals surface area contributed by atoms with Gasteiger partial charge in [0.2, 0.25) is 0 Å². The van der Waals surface area contributed by atoms with Crippen LogP contribution in [0.5, 0.6) is 0 Å². The van der Waals surface area contributed by atoms with Crippen LogP contribution >= 0.6 is 0 Å². The Morgan fingerprint density at radius 2 is 2.26 bits per heavy atom. The highest BCUT2D eigenvalue weighted by molar-refractivity contribution is 5.73. The van der Waals surface area contributed by atoms with Gasteiger partial charge in [-0.3, -0.25) is 4.79 Å². The Bertz CT molecular complexity index is 413. The molecule has 0 unspecified atom stereocenters. The van der Waals surface area contributed by atoms with Gasteiger partial charge in [-0.1, -0.05) is 36.2 Å². The smallest absolute Gasteiger partial charge is 0.308 e. The lowest BCUT2D eigenvalue weighted by Crippen LogP contribution is -2.25. The summed E-state index contributed by atoms with van der Waals surface area (Å²) >= 11 is 0. The van der Waals surface area contributed by atoms with E-state index in [0.717, 1.165) is 32.4 Å². The fraction of sp³-hybridized carbons (Fsp3) is 0.562. The average Bonchev–Trinajstić information content (AvgIpc) is 2.31. The van der Waals surface area contributed by atoms with Crippen LogP contribution in [-0.2, 0) is 16.1 Å². The van der Waals surface area contributed by atoms with Crippen molar-refractivity contribution in [2.45, 2.75) is 39.2 Å². The SMILES string of the molecule is Cc1cccc(CNCCCOC(=O)C2CCC2)c1. The summed E-state index contributed by atoms with van der Waals surface area (Å²) in [6, 6.07) is 8.48. The molecule has 0 aromatic heterocycles. The quantitative estimate of drug-likeness (QED) is 0.606. The zero-order valence-electron chi connectivity index (χ0n) is 11.7. The standard InChI is InChI=1S/C16H23NO2/c1-13-5-2-6-14(11-13)12-17-9-4-10-19-16(18)15-7-3-8-15/h2,5-6,11,15,17H,3-4,7-10,12H2,1H3. The molecule has 3 heteroatoms. The molecular formula is C16H23NO2. The van der Waals surface area contributed by atoms with Crippen molar-refractivity contribution in [1.29, 1.82) is 0 Å². The molecule has 0 atom stereocenters. The lowest BCUT2D eigenvalue weighted by Gasteiger charge is -2.23. The van der Waals surface area contributed by atoms with Crippen LogP contribution in [0.15, 0.2) is 24.3 Å². The molecule has 0 spiro atoms. The fourth-order valence-electron chi connectivity index (χ4n) is 2.19. The number of carbonyl (C=O) groups excluding carboxylic acids is 1. The van der Waals surface area contributed by atoms with Crippen LogP contribution in [0.3, 0.4) is 0 Å². The molecule has 1 aromatic rings. The number of nitrogens with one attached hydrogen (secondary N) is 1. The molecular weight excluding hydrogens is 238 g/mol. The Labute approximate surface area is 115 Å². The van der Waals surface area contributed by atoms with E-state index >= 15 is 0 Å².